The molecule has 1 N–H and O–H groups in total. The standard InChI is InChI=1S/C18H16N4O2.C5H9NO2.C2H6/c1-4-13-7-6-8-14(11-13)22-12-15(16-9-10-19-21(16)3)17(20-22)18(23)24-5-2;1-6-3-2-4(7)5(6)8;1-2/h1,6-12H,5H2,2-3H3;4,7H,2-3H2,1H3;1-2H3. The molecule has 2 aromatic heterocycles. The summed E-state index contributed by atoms with van der Waals surface area (Å²) in [4.78, 5) is 24.4. The molecule has 1 atom stereocenters. The lowest BCUT2D eigenvalue weighted by molar-refractivity contribution is -0.133. The third-order valence-corrected chi connectivity index (χ3v) is 4.96. The van der Waals surface area contributed by atoms with Gasteiger partial charge in [0.15, 0.2) is 5.69 Å². The highest BCUT2D eigenvalue weighted by Crippen LogP contribution is 2.25. The molecule has 0 bridgehead atoms. The Balaban J connectivity index is 0.000000343. The summed E-state index contributed by atoms with van der Waals surface area (Å²) in [5.74, 6) is 1.97. The quantitative estimate of drug-likeness (QED) is 0.470. The molecular weight excluding hydrogens is 434 g/mol. The fourth-order valence-corrected chi connectivity index (χ4v) is 3.22. The summed E-state index contributed by atoms with van der Waals surface area (Å²) in [6.45, 7) is 6.73. The van der Waals surface area contributed by atoms with Crippen LogP contribution in [0, 0.1) is 12.3 Å². The lowest BCUT2D eigenvalue weighted by Gasteiger charge is -2.04. The fourth-order valence-electron chi connectivity index (χ4n) is 3.22. The van der Waals surface area contributed by atoms with E-state index in [1.165, 1.54) is 4.90 Å². The van der Waals surface area contributed by atoms with Crippen molar-refractivity contribution in [3.8, 4) is 29.3 Å². The summed E-state index contributed by atoms with van der Waals surface area (Å²) in [6.07, 6.45) is 8.77. The van der Waals surface area contributed by atoms with E-state index in [0.717, 1.165) is 16.9 Å². The van der Waals surface area contributed by atoms with Gasteiger partial charge in [0.1, 0.15) is 6.10 Å². The zero-order valence-electron chi connectivity index (χ0n) is 20.2. The summed E-state index contributed by atoms with van der Waals surface area (Å²) in [6, 6.07) is 9.20. The maximum absolute atomic E-state index is 12.3. The number of nitrogens with zero attached hydrogens (tertiary/aromatic N) is 5. The molecule has 9 heteroatoms. The number of likely N-dealkylation sites (tertiary alicyclic amines) is 1. The van der Waals surface area contributed by atoms with Crippen LogP contribution < -0.4 is 0 Å². The summed E-state index contributed by atoms with van der Waals surface area (Å²) in [5, 5.41) is 17.3. The summed E-state index contributed by atoms with van der Waals surface area (Å²) < 4.78 is 8.43. The maximum Gasteiger partial charge on any atom is 0.359 e. The molecule has 4 rings (SSSR count). The molecule has 1 aliphatic rings. The third-order valence-electron chi connectivity index (χ3n) is 4.96. The van der Waals surface area contributed by atoms with Crippen LogP contribution >= 0.6 is 0 Å². The van der Waals surface area contributed by atoms with Crippen molar-refractivity contribution in [1.29, 1.82) is 0 Å². The van der Waals surface area contributed by atoms with E-state index in [9.17, 15) is 9.59 Å². The van der Waals surface area contributed by atoms with Crippen molar-refractivity contribution < 1.29 is 19.4 Å². The topological polar surface area (TPSA) is 102 Å². The van der Waals surface area contributed by atoms with E-state index in [0.29, 0.717) is 18.5 Å². The number of hydrogen-bond acceptors (Lipinski definition) is 6. The predicted octanol–water partition coefficient (Wildman–Crippen LogP) is 2.67. The SMILES string of the molecule is C#Cc1cccc(-n2cc(-c3ccnn3C)c(C(=O)OCC)n2)c1.CC.CN1CCC(O)C1=O. The lowest BCUT2D eigenvalue weighted by atomic mass is 10.2. The number of carbonyl (C=O) groups is 2. The molecule has 34 heavy (non-hydrogen) atoms. The van der Waals surface area contributed by atoms with Gasteiger partial charge < -0.3 is 14.7 Å². The molecule has 0 aliphatic carbocycles. The van der Waals surface area contributed by atoms with Crippen molar-refractivity contribution in [1.82, 2.24) is 24.5 Å². The molecule has 0 radical (unpaired) electrons. The molecule has 180 valence electrons. The monoisotopic (exact) mass is 465 g/mol. The minimum Gasteiger partial charge on any atom is -0.461 e. The van der Waals surface area contributed by atoms with Gasteiger partial charge in [-0.05, 0) is 37.6 Å². The Morgan fingerprint density at radius 3 is 2.53 bits per heavy atom. The number of carbonyl (C=O) groups excluding carboxylic acids is 2. The van der Waals surface area contributed by atoms with E-state index < -0.39 is 12.1 Å². The van der Waals surface area contributed by atoms with Gasteiger partial charge in [0.05, 0.1) is 23.6 Å². The van der Waals surface area contributed by atoms with Crippen molar-refractivity contribution >= 4 is 11.9 Å². The average molecular weight is 466 g/mol. The Morgan fingerprint density at radius 1 is 1.29 bits per heavy atom. The zero-order chi connectivity index (χ0) is 25.3. The van der Waals surface area contributed by atoms with Crippen LogP contribution in [0.5, 0.6) is 0 Å². The number of likely N-dealkylation sites (N-methyl/N-ethyl adjacent to an activating group) is 1. The largest absolute Gasteiger partial charge is 0.461 e. The molecule has 3 aromatic rings. The number of esters is 1. The van der Waals surface area contributed by atoms with Crippen molar-refractivity contribution in [2.75, 3.05) is 20.2 Å². The summed E-state index contributed by atoms with van der Waals surface area (Å²) in [7, 11) is 3.50. The van der Waals surface area contributed by atoms with Gasteiger partial charge in [-0.2, -0.15) is 10.2 Å². The minimum absolute atomic E-state index is 0.148. The number of rotatable bonds is 4. The number of amides is 1. The summed E-state index contributed by atoms with van der Waals surface area (Å²) in [5.41, 5.74) is 3.18. The molecule has 3 heterocycles. The van der Waals surface area contributed by atoms with Crippen molar-refractivity contribution in [3.63, 3.8) is 0 Å². The van der Waals surface area contributed by atoms with Crippen LogP contribution in [0.15, 0.2) is 42.7 Å². The first-order valence-corrected chi connectivity index (χ1v) is 11.1. The highest BCUT2D eigenvalue weighted by Gasteiger charge is 2.26. The molecular formula is C25H31N5O4. The van der Waals surface area contributed by atoms with Crippen molar-refractivity contribution in [2.24, 2.45) is 7.05 Å². The minimum atomic E-state index is -0.722. The van der Waals surface area contributed by atoms with Gasteiger partial charge in [-0.15, -0.1) is 6.42 Å². The van der Waals surface area contributed by atoms with E-state index in [4.69, 9.17) is 16.3 Å². The van der Waals surface area contributed by atoms with E-state index in [2.05, 4.69) is 16.1 Å². The molecule has 0 saturated carbocycles. The summed E-state index contributed by atoms with van der Waals surface area (Å²) >= 11 is 0. The van der Waals surface area contributed by atoms with E-state index >= 15 is 0 Å². The predicted molar refractivity (Wildman–Crippen MR) is 129 cm³/mol. The van der Waals surface area contributed by atoms with E-state index in [1.807, 2.05) is 44.2 Å². The second kappa shape index (κ2) is 12.4. The number of aryl methyl sites for hydroxylation is 1. The number of aliphatic hydroxyl groups is 1. The van der Waals surface area contributed by atoms with Gasteiger partial charge in [0.25, 0.3) is 5.91 Å². The van der Waals surface area contributed by atoms with Crippen LogP contribution in [0.2, 0.25) is 0 Å². The Morgan fingerprint density at radius 2 is 2.03 bits per heavy atom. The van der Waals surface area contributed by atoms with Crippen LogP contribution in [-0.4, -0.2) is 67.7 Å². The molecule has 1 aromatic carbocycles. The van der Waals surface area contributed by atoms with Gasteiger partial charge in [-0.1, -0.05) is 25.8 Å². The molecule has 1 unspecified atom stereocenters. The Labute approximate surface area is 200 Å². The third kappa shape index (κ3) is 6.11. The Kier molecular flexibility index (Phi) is 9.59. The first-order chi connectivity index (χ1) is 16.3. The van der Waals surface area contributed by atoms with Gasteiger partial charge in [0, 0.05) is 38.6 Å². The first-order valence-electron chi connectivity index (χ1n) is 11.1. The second-order valence-corrected chi connectivity index (χ2v) is 7.16. The number of hydrogen-bond donors (Lipinski definition) is 1. The lowest BCUT2D eigenvalue weighted by Crippen LogP contribution is -2.24. The van der Waals surface area contributed by atoms with Crippen LogP contribution in [0.1, 0.15) is 43.2 Å². The van der Waals surface area contributed by atoms with Crippen LogP contribution in [0.4, 0.5) is 0 Å². The van der Waals surface area contributed by atoms with Crippen LogP contribution in [0.3, 0.4) is 0 Å². The molecule has 0 spiro atoms. The number of benzene rings is 1. The number of terminal acetylenes is 1. The Hall–Kier alpha value is -3.90. The van der Waals surface area contributed by atoms with Gasteiger partial charge in [-0.3, -0.25) is 9.48 Å². The van der Waals surface area contributed by atoms with Gasteiger partial charge >= 0.3 is 5.97 Å². The highest BCUT2D eigenvalue weighted by atomic mass is 16.5. The number of ether oxygens (including phenoxy) is 1. The molecule has 1 fully saturated rings. The molecule has 1 amide bonds. The smallest absolute Gasteiger partial charge is 0.359 e. The van der Waals surface area contributed by atoms with Crippen LogP contribution in [-0.2, 0) is 16.6 Å². The zero-order valence-corrected chi connectivity index (χ0v) is 20.2. The molecule has 1 aliphatic heterocycles. The average Bonchev–Trinajstić information content (AvgIpc) is 3.56. The van der Waals surface area contributed by atoms with E-state index in [1.54, 1.807) is 42.8 Å². The van der Waals surface area contributed by atoms with E-state index in [-0.39, 0.29) is 18.2 Å². The van der Waals surface area contributed by atoms with Crippen LogP contribution in [0.25, 0.3) is 16.9 Å². The first kappa shape index (κ1) is 26.4. The fraction of sp³-hybridized carbons (Fsp3) is 0.360. The number of aliphatic hydroxyl groups excluding tert-OH is 1. The molecule has 1 saturated heterocycles. The van der Waals surface area contributed by atoms with Gasteiger partial charge in [-0.25, -0.2) is 9.48 Å². The van der Waals surface area contributed by atoms with Crippen molar-refractivity contribution in [2.45, 2.75) is 33.3 Å². The van der Waals surface area contributed by atoms with Crippen molar-refractivity contribution in [3.05, 3.63) is 54.0 Å². The van der Waals surface area contributed by atoms with Gasteiger partial charge in [0.2, 0.25) is 0 Å². The Bertz CT molecular complexity index is 1150. The molecule has 9 nitrogen and oxygen atoms in total. The normalized spacial score (nSPS) is 14.4. The maximum atomic E-state index is 12.3. The second-order valence-electron chi connectivity index (χ2n) is 7.16. The highest BCUT2D eigenvalue weighted by molar-refractivity contribution is 5.94. The number of aromatic nitrogens is 4.